The van der Waals surface area contributed by atoms with Gasteiger partial charge < -0.3 is 29.2 Å². The highest BCUT2D eigenvalue weighted by molar-refractivity contribution is 6.03. The Morgan fingerprint density at radius 3 is 2.63 bits per heavy atom. The van der Waals surface area contributed by atoms with E-state index in [0.29, 0.717) is 73.2 Å². The van der Waals surface area contributed by atoms with Gasteiger partial charge in [0.2, 0.25) is 0 Å². The topological polar surface area (TPSA) is 128 Å². The average molecular weight is 825 g/mol. The SMILES string of the molecule is C#Cc1c(F)ccc2cc(OC3CCCCO3)cc(-c3ncc4c(N5CC6CCC(C5)N6)nc(OC[C@@H]5CCCN5CCCCC(=O)OC(C=O)C(C)(C)C)nc4c3F)c12. The first-order valence-corrected chi connectivity index (χ1v) is 21.4. The quantitative estimate of drug-likeness (QED) is 0.0602. The number of piperazine rings is 1. The Bertz CT molecular complexity index is 2260. The highest BCUT2D eigenvalue weighted by Gasteiger charge is 2.35. The molecule has 14 heteroatoms. The summed E-state index contributed by atoms with van der Waals surface area (Å²) in [5.74, 6) is 1.78. The fraction of sp³-hybridized carbons (Fsp3) is 0.543. The van der Waals surface area contributed by atoms with Crippen molar-refractivity contribution >= 4 is 39.7 Å². The second kappa shape index (κ2) is 17.9. The Balaban J connectivity index is 1.07. The van der Waals surface area contributed by atoms with Gasteiger partial charge >= 0.3 is 12.0 Å². The van der Waals surface area contributed by atoms with Crippen LogP contribution in [0.3, 0.4) is 0 Å². The summed E-state index contributed by atoms with van der Waals surface area (Å²) < 4.78 is 56.5. The van der Waals surface area contributed by atoms with Gasteiger partial charge in [-0.2, -0.15) is 9.97 Å². The number of benzene rings is 2. The van der Waals surface area contributed by atoms with Crippen LogP contribution in [0.1, 0.15) is 90.5 Å². The van der Waals surface area contributed by atoms with Crippen LogP contribution in [0.2, 0.25) is 0 Å². The number of halogens is 2. The zero-order valence-corrected chi connectivity index (χ0v) is 34.7. The first-order valence-electron chi connectivity index (χ1n) is 21.4. The number of aromatic nitrogens is 3. The van der Waals surface area contributed by atoms with E-state index >= 15 is 8.78 Å². The average Bonchev–Trinajstić information content (AvgIpc) is 3.84. The number of nitrogens with one attached hydrogen (secondary N) is 1. The normalized spacial score (nSPS) is 22.5. The van der Waals surface area contributed by atoms with Gasteiger partial charge in [0.05, 0.1) is 17.6 Å². The number of pyridine rings is 1. The number of hydrogen-bond acceptors (Lipinski definition) is 12. The molecule has 2 aromatic carbocycles. The van der Waals surface area contributed by atoms with Crippen LogP contribution in [0.4, 0.5) is 14.6 Å². The lowest BCUT2D eigenvalue weighted by Crippen LogP contribution is -2.51. The van der Waals surface area contributed by atoms with Crippen molar-refractivity contribution in [3.63, 3.8) is 0 Å². The Morgan fingerprint density at radius 2 is 1.90 bits per heavy atom. The highest BCUT2D eigenvalue weighted by atomic mass is 19.1. The summed E-state index contributed by atoms with van der Waals surface area (Å²) >= 11 is 0. The third-order valence-corrected chi connectivity index (χ3v) is 12.2. The number of carbonyl (C=O) groups is 2. The van der Waals surface area contributed by atoms with Gasteiger partial charge in [-0.3, -0.25) is 19.5 Å². The number of rotatable bonds is 14. The number of terminal acetylenes is 1. The maximum atomic E-state index is 17.4. The van der Waals surface area contributed by atoms with Crippen molar-refractivity contribution in [3.8, 4) is 35.4 Å². The number of ether oxygens (including phenoxy) is 4. The van der Waals surface area contributed by atoms with Crippen molar-refractivity contribution in [1.29, 1.82) is 0 Å². The van der Waals surface area contributed by atoms with Crippen molar-refractivity contribution in [2.24, 2.45) is 5.41 Å². The van der Waals surface area contributed by atoms with Crippen molar-refractivity contribution in [3.05, 3.63) is 47.7 Å². The van der Waals surface area contributed by atoms with Gasteiger partial charge in [-0.05, 0) is 88.0 Å². The van der Waals surface area contributed by atoms with E-state index in [-0.39, 0.29) is 58.9 Å². The van der Waals surface area contributed by atoms with Gasteiger partial charge in [0.1, 0.15) is 35.2 Å². The van der Waals surface area contributed by atoms with E-state index in [4.69, 9.17) is 35.3 Å². The zero-order chi connectivity index (χ0) is 42.0. The molecule has 4 aliphatic rings. The first kappa shape index (κ1) is 41.8. The van der Waals surface area contributed by atoms with Crippen molar-refractivity contribution < 1.29 is 37.3 Å². The summed E-state index contributed by atoms with van der Waals surface area (Å²) in [4.78, 5) is 42.7. The molecule has 0 aliphatic carbocycles. The molecule has 0 saturated carbocycles. The number of fused-ring (bicyclic) bond motifs is 4. The third-order valence-electron chi connectivity index (χ3n) is 12.2. The molecule has 5 atom stereocenters. The number of aldehydes is 1. The van der Waals surface area contributed by atoms with Crippen LogP contribution in [0.5, 0.6) is 11.8 Å². The molecule has 2 bridgehead atoms. The predicted octanol–water partition coefficient (Wildman–Crippen LogP) is 7.12. The molecule has 60 heavy (non-hydrogen) atoms. The monoisotopic (exact) mass is 824 g/mol. The van der Waals surface area contributed by atoms with Gasteiger partial charge in [-0.25, -0.2) is 8.78 Å². The Labute approximate surface area is 349 Å². The molecule has 4 fully saturated rings. The fourth-order valence-electron chi connectivity index (χ4n) is 8.99. The molecule has 1 N–H and O–H groups in total. The molecular formula is C46H54F2N6O6. The van der Waals surface area contributed by atoms with E-state index in [1.54, 1.807) is 24.4 Å². The Hall–Kier alpha value is -4.97. The van der Waals surface area contributed by atoms with E-state index in [1.165, 1.54) is 6.07 Å². The maximum Gasteiger partial charge on any atom is 0.319 e. The van der Waals surface area contributed by atoms with Crippen LogP contribution >= 0.6 is 0 Å². The van der Waals surface area contributed by atoms with E-state index in [9.17, 15) is 9.59 Å². The summed E-state index contributed by atoms with van der Waals surface area (Å²) in [5, 5.41) is 5.02. The van der Waals surface area contributed by atoms with E-state index in [2.05, 4.69) is 26.0 Å². The molecule has 4 aliphatic heterocycles. The van der Waals surface area contributed by atoms with E-state index in [0.717, 1.165) is 58.0 Å². The van der Waals surface area contributed by atoms with Crippen LogP contribution in [-0.2, 0) is 19.1 Å². The standard InChI is InChI=1S/C46H54F2N6O6/c1-5-33-36(47)17-14-28-21-32(59-39-13-7-9-20-57-39)22-34(40(28)33)42-41(48)43-35(23-49-42)44(54-24-29-15-16-30(25-54)50-29)52-45(51-43)58-27-31-11-10-19-53(31)18-8-6-12-38(56)60-37(26-55)46(2,3)4/h1,14,17,21-23,26,29-31,37,39,50H,6-13,15-16,18-20,24-25,27H2,2-4H3/t29?,30?,31-,37?,39?/m0/s1. The van der Waals surface area contributed by atoms with Crippen LogP contribution in [0, 0.1) is 29.4 Å². The minimum atomic E-state index is -0.779. The molecule has 4 unspecified atom stereocenters. The molecule has 0 radical (unpaired) electrons. The summed E-state index contributed by atoms with van der Waals surface area (Å²) in [6.07, 6.45) is 15.1. The highest BCUT2D eigenvalue weighted by Crippen LogP contribution is 2.40. The van der Waals surface area contributed by atoms with Gasteiger partial charge in [-0.15, -0.1) is 6.42 Å². The lowest BCUT2D eigenvalue weighted by molar-refractivity contribution is -0.157. The molecule has 318 valence electrons. The second-order valence-corrected chi connectivity index (χ2v) is 17.6. The van der Waals surface area contributed by atoms with Crippen LogP contribution < -0.4 is 19.7 Å². The number of carbonyl (C=O) groups excluding carboxylic acids is 2. The molecule has 6 heterocycles. The third kappa shape index (κ3) is 9.04. The number of anilines is 1. The number of esters is 1. The maximum absolute atomic E-state index is 17.4. The summed E-state index contributed by atoms with van der Waals surface area (Å²) in [5.41, 5.74) is -0.190. The Morgan fingerprint density at radius 1 is 1.08 bits per heavy atom. The van der Waals surface area contributed by atoms with E-state index < -0.39 is 29.4 Å². The largest absolute Gasteiger partial charge is 0.465 e. The first-order chi connectivity index (χ1) is 29.0. The van der Waals surface area contributed by atoms with Crippen molar-refractivity contribution in [2.45, 2.75) is 115 Å². The summed E-state index contributed by atoms with van der Waals surface area (Å²) in [7, 11) is 0. The van der Waals surface area contributed by atoms with Crippen molar-refractivity contribution in [2.75, 3.05) is 44.3 Å². The minimum absolute atomic E-state index is 0.000998. The fourth-order valence-corrected chi connectivity index (χ4v) is 8.99. The number of likely N-dealkylation sites (tertiary alicyclic amines) is 1. The van der Waals surface area contributed by atoms with Crippen molar-refractivity contribution in [1.82, 2.24) is 25.2 Å². The molecule has 0 spiro atoms. The number of hydrogen-bond donors (Lipinski definition) is 1. The number of unbranched alkanes of at least 4 members (excludes halogenated alkanes) is 1. The second-order valence-electron chi connectivity index (χ2n) is 17.6. The van der Waals surface area contributed by atoms with Gasteiger partial charge in [-0.1, -0.05) is 32.8 Å². The van der Waals surface area contributed by atoms with Gasteiger partial charge in [0.25, 0.3) is 0 Å². The lowest BCUT2D eigenvalue weighted by Gasteiger charge is -2.34. The van der Waals surface area contributed by atoms with E-state index in [1.807, 2.05) is 20.8 Å². The summed E-state index contributed by atoms with van der Waals surface area (Å²) in [6, 6.07) is 7.03. The molecule has 8 rings (SSSR count). The molecule has 12 nitrogen and oxygen atoms in total. The molecule has 4 aromatic rings. The lowest BCUT2D eigenvalue weighted by atomic mass is 9.90. The van der Waals surface area contributed by atoms with Crippen LogP contribution in [-0.4, -0.2) is 102 Å². The smallest absolute Gasteiger partial charge is 0.319 e. The van der Waals surface area contributed by atoms with Crippen LogP contribution in [0.25, 0.3) is 32.9 Å². The van der Waals surface area contributed by atoms with Crippen LogP contribution in [0.15, 0.2) is 30.5 Å². The van der Waals surface area contributed by atoms with Gasteiger partial charge in [0, 0.05) is 66.6 Å². The summed E-state index contributed by atoms with van der Waals surface area (Å²) in [6.45, 7) is 9.51. The number of nitrogens with zero attached hydrogens (tertiary/aromatic N) is 5. The van der Waals surface area contributed by atoms with Gasteiger partial charge in [0.15, 0.2) is 24.5 Å². The Kier molecular flexibility index (Phi) is 12.5. The minimum Gasteiger partial charge on any atom is -0.465 e. The molecule has 2 aromatic heterocycles. The molecule has 0 amide bonds. The molecular weight excluding hydrogens is 771 g/mol. The zero-order valence-electron chi connectivity index (χ0n) is 34.7. The predicted molar refractivity (Wildman–Crippen MR) is 224 cm³/mol. The molecule has 4 saturated heterocycles.